The molecule has 20 heavy (non-hydrogen) atoms. The van der Waals surface area contributed by atoms with Crippen LogP contribution >= 0.6 is 11.3 Å². The molecular weight excluding hydrogens is 274 g/mol. The Labute approximate surface area is 121 Å². The topological polar surface area (TPSA) is 71.1 Å². The highest BCUT2D eigenvalue weighted by Gasteiger charge is 2.08. The van der Waals surface area contributed by atoms with E-state index in [4.69, 9.17) is 0 Å². The first-order valence-electron chi connectivity index (χ1n) is 6.19. The first kappa shape index (κ1) is 14.2. The summed E-state index contributed by atoms with van der Waals surface area (Å²) in [5.74, 6) is -0.385. The molecule has 2 N–H and O–H groups in total. The summed E-state index contributed by atoms with van der Waals surface area (Å²) >= 11 is 1.35. The number of thiazole rings is 1. The van der Waals surface area contributed by atoms with Gasteiger partial charge in [-0.1, -0.05) is 12.1 Å². The maximum atomic E-state index is 11.7. The van der Waals surface area contributed by atoms with Crippen molar-refractivity contribution in [3.63, 3.8) is 0 Å². The van der Waals surface area contributed by atoms with Gasteiger partial charge in [-0.25, -0.2) is 4.98 Å². The monoisotopic (exact) mass is 289 g/mol. The first-order valence-corrected chi connectivity index (χ1v) is 7.07. The van der Waals surface area contributed by atoms with E-state index >= 15 is 0 Å². The molecule has 6 heteroatoms. The molecule has 0 radical (unpaired) electrons. The van der Waals surface area contributed by atoms with Gasteiger partial charge in [0.2, 0.25) is 11.8 Å². The molecule has 0 aliphatic carbocycles. The van der Waals surface area contributed by atoms with Crippen LogP contribution in [-0.4, -0.2) is 16.8 Å². The molecule has 0 saturated carbocycles. The van der Waals surface area contributed by atoms with Crippen molar-refractivity contribution < 1.29 is 9.59 Å². The number of benzene rings is 1. The Morgan fingerprint density at radius 2 is 1.95 bits per heavy atom. The molecule has 1 aromatic carbocycles. The lowest BCUT2D eigenvalue weighted by molar-refractivity contribution is -0.121. The zero-order chi connectivity index (χ0) is 14.4. The molecule has 0 aliphatic heterocycles. The molecule has 0 bridgehead atoms. The van der Waals surface area contributed by atoms with Gasteiger partial charge in [-0.15, -0.1) is 11.3 Å². The lowest BCUT2D eigenvalue weighted by Gasteiger charge is -2.06. The molecule has 1 heterocycles. The second-order valence-corrected chi connectivity index (χ2v) is 5.20. The standard InChI is InChI=1S/C14H15N3O2S/c1-10-3-2-4-11(9-10)16-12(18)5-6-13(19)17-14-15-7-8-20-14/h2-4,7-9H,5-6H2,1H3,(H,16,18)(H,15,17,19). The van der Waals surface area contributed by atoms with Gasteiger partial charge in [-0.2, -0.15) is 0 Å². The molecule has 2 rings (SSSR count). The zero-order valence-corrected chi connectivity index (χ0v) is 11.9. The van der Waals surface area contributed by atoms with Crippen LogP contribution in [0.3, 0.4) is 0 Å². The Balaban J connectivity index is 1.76. The van der Waals surface area contributed by atoms with E-state index in [1.165, 1.54) is 11.3 Å². The molecule has 0 spiro atoms. The van der Waals surface area contributed by atoms with Crippen LogP contribution in [0.5, 0.6) is 0 Å². The van der Waals surface area contributed by atoms with E-state index in [2.05, 4.69) is 15.6 Å². The minimum Gasteiger partial charge on any atom is -0.326 e. The fraction of sp³-hybridized carbons (Fsp3) is 0.214. The normalized spacial score (nSPS) is 10.1. The molecule has 0 aliphatic rings. The van der Waals surface area contributed by atoms with E-state index in [0.29, 0.717) is 5.13 Å². The third-order valence-electron chi connectivity index (χ3n) is 2.56. The van der Waals surface area contributed by atoms with Crippen LogP contribution in [0.1, 0.15) is 18.4 Å². The highest BCUT2D eigenvalue weighted by molar-refractivity contribution is 7.13. The van der Waals surface area contributed by atoms with Gasteiger partial charge < -0.3 is 10.6 Å². The Morgan fingerprint density at radius 1 is 1.20 bits per heavy atom. The highest BCUT2D eigenvalue weighted by Crippen LogP contribution is 2.12. The maximum Gasteiger partial charge on any atom is 0.226 e. The number of anilines is 2. The van der Waals surface area contributed by atoms with E-state index in [0.717, 1.165) is 11.3 Å². The van der Waals surface area contributed by atoms with Crippen LogP contribution in [-0.2, 0) is 9.59 Å². The summed E-state index contributed by atoms with van der Waals surface area (Å²) in [6.07, 6.45) is 1.90. The molecule has 2 amide bonds. The summed E-state index contributed by atoms with van der Waals surface area (Å²) in [4.78, 5) is 27.3. The van der Waals surface area contributed by atoms with Gasteiger partial charge in [-0.05, 0) is 24.6 Å². The van der Waals surface area contributed by atoms with Crippen molar-refractivity contribution in [2.24, 2.45) is 0 Å². The van der Waals surface area contributed by atoms with Crippen LogP contribution < -0.4 is 10.6 Å². The second kappa shape index (κ2) is 6.81. The first-order chi connectivity index (χ1) is 9.63. The third kappa shape index (κ3) is 4.47. The predicted molar refractivity (Wildman–Crippen MR) is 79.8 cm³/mol. The second-order valence-electron chi connectivity index (χ2n) is 4.30. The summed E-state index contributed by atoms with van der Waals surface area (Å²) in [6.45, 7) is 1.96. The lowest BCUT2D eigenvalue weighted by Crippen LogP contribution is -2.17. The van der Waals surface area contributed by atoms with Gasteiger partial charge in [0, 0.05) is 30.1 Å². The van der Waals surface area contributed by atoms with Crippen LogP contribution in [0.2, 0.25) is 0 Å². The lowest BCUT2D eigenvalue weighted by atomic mass is 10.2. The van der Waals surface area contributed by atoms with Crippen molar-refractivity contribution in [2.45, 2.75) is 19.8 Å². The number of amides is 2. The molecule has 0 fully saturated rings. The minimum absolute atomic E-state index is 0.136. The molecule has 104 valence electrons. The molecule has 5 nitrogen and oxygen atoms in total. The molecular formula is C14H15N3O2S. The number of aryl methyl sites for hydroxylation is 1. The summed E-state index contributed by atoms with van der Waals surface area (Å²) in [6, 6.07) is 7.53. The average molecular weight is 289 g/mol. The summed E-state index contributed by atoms with van der Waals surface area (Å²) in [5.41, 5.74) is 1.82. The number of nitrogens with zero attached hydrogens (tertiary/aromatic N) is 1. The fourth-order valence-corrected chi connectivity index (χ4v) is 2.19. The van der Waals surface area contributed by atoms with Gasteiger partial charge in [0.1, 0.15) is 0 Å². The minimum atomic E-state index is -0.209. The van der Waals surface area contributed by atoms with Crippen molar-refractivity contribution in [1.29, 1.82) is 0 Å². The smallest absolute Gasteiger partial charge is 0.226 e. The van der Waals surface area contributed by atoms with Gasteiger partial charge in [0.25, 0.3) is 0 Å². The number of hydrogen-bond donors (Lipinski definition) is 2. The highest BCUT2D eigenvalue weighted by atomic mass is 32.1. The van der Waals surface area contributed by atoms with Crippen molar-refractivity contribution >= 4 is 34.0 Å². The SMILES string of the molecule is Cc1cccc(NC(=O)CCC(=O)Nc2nccs2)c1. The van der Waals surface area contributed by atoms with Crippen LogP contribution in [0.4, 0.5) is 10.8 Å². The van der Waals surface area contributed by atoms with Gasteiger partial charge in [0.15, 0.2) is 5.13 Å². The van der Waals surface area contributed by atoms with Crippen LogP contribution in [0.25, 0.3) is 0 Å². The average Bonchev–Trinajstić information content (AvgIpc) is 2.89. The Morgan fingerprint density at radius 3 is 2.60 bits per heavy atom. The van der Waals surface area contributed by atoms with Crippen molar-refractivity contribution in [3.8, 4) is 0 Å². The molecule has 0 unspecified atom stereocenters. The van der Waals surface area contributed by atoms with E-state index < -0.39 is 0 Å². The third-order valence-corrected chi connectivity index (χ3v) is 3.25. The van der Waals surface area contributed by atoms with E-state index in [-0.39, 0.29) is 24.7 Å². The van der Waals surface area contributed by atoms with Gasteiger partial charge in [0.05, 0.1) is 0 Å². The predicted octanol–water partition coefficient (Wildman–Crippen LogP) is 2.81. The largest absolute Gasteiger partial charge is 0.326 e. The number of carbonyl (C=O) groups is 2. The molecule has 1 aromatic heterocycles. The van der Waals surface area contributed by atoms with Gasteiger partial charge >= 0.3 is 0 Å². The van der Waals surface area contributed by atoms with Crippen molar-refractivity contribution in [2.75, 3.05) is 10.6 Å². The number of nitrogens with one attached hydrogen (secondary N) is 2. The van der Waals surface area contributed by atoms with Crippen molar-refractivity contribution in [3.05, 3.63) is 41.4 Å². The van der Waals surface area contributed by atoms with Crippen molar-refractivity contribution in [1.82, 2.24) is 4.98 Å². The number of rotatable bonds is 5. The Bertz CT molecular complexity index is 596. The fourth-order valence-electron chi connectivity index (χ4n) is 1.64. The summed E-state index contributed by atoms with van der Waals surface area (Å²) < 4.78 is 0. The van der Waals surface area contributed by atoms with E-state index in [1.54, 1.807) is 11.6 Å². The number of carbonyl (C=O) groups excluding carboxylic acids is 2. The zero-order valence-electron chi connectivity index (χ0n) is 11.1. The molecule has 0 atom stereocenters. The summed E-state index contributed by atoms with van der Waals surface area (Å²) in [5, 5.41) is 7.73. The molecule has 2 aromatic rings. The maximum absolute atomic E-state index is 11.7. The molecule has 0 saturated heterocycles. The Kier molecular flexibility index (Phi) is 4.84. The van der Waals surface area contributed by atoms with E-state index in [9.17, 15) is 9.59 Å². The van der Waals surface area contributed by atoms with Crippen LogP contribution in [0, 0.1) is 6.92 Å². The van der Waals surface area contributed by atoms with E-state index in [1.807, 2.05) is 31.2 Å². The number of hydrogen-bond acceptors (Lipinski definition) is 4. The van der Waals surface area contributed by atoms with Crippen LogP contribution in [0.15, 0.2) is 35.8 Å². The van der Waals surface area contributed by atoms with Gasteiger partial charge in [-0.3, -0.25) is 9.59 Å². The Hall–Kier alpha value is -2.21. The number of aromatic nitrogens is 1. The quantitative estimate of drug-likeness (QED) is 0.889. The summed E-state index contributed by atoms with van der Waals surface area (Å²) in [7, 11) is 0.